The molecule has 0 atom stereocenters. The lowest BCUT2D eigenvalue weighted by Crippen LogP contribution is -2.15. The number of nitrogens with two attached hydrogens (primary N) is 1. The van der Waals surface area contributed by atoms with Crippen molar-refractivity contribution >= 4 is 27.3 Å². The highest BCUT2D eigenvalue weighted by atomic mass is 32.2. The van der Waals surface area contributed by atoms with Gasteiger partial charge in [-0.3, -0.25) is 9.52 Å². The first-order chi connectivity index (χ1) is 9.42. The minimum Gasteiger partial charge on any atom is -0.330 e. The highest BCUT2D eigenvalue weighted by Crippen LogP contribution is 2.22. The molecule has 0 saturated heterocycles. The van der Waals surface area contributed by atoms with E-state index < -0.39 is 10.0 Å². The van der Waals surface area contributed by atoms with Gasteiger partial charge in [-0.25, -0.2) is 8.42 Å². The molecule has 112 valence electrons. The third kappa shape index (κ3) is 6.53. The molecule has 1 aromatic carbocycles. The number of hydrogen-bond acceptors (Lipinski definition) is 4. The van der Waals surface area contributed by atoms with Crippen LogP contribution in [0.1, 0.15) is 25.7 Å². The summed E-state index contributed by atoms with van der Waals surface area (Å²) in [5.74, 6) is -0.134. The number of benzene rings is 1. The van der Waals surface area contributed by atoms with Crippen molar-refractivity contribution in [2.24, 2.45) is 5.73 Å². The summed E-state index contributed by atoms with van der Waals surface area (Å²) in [6.07, 6.45) is 4.04. The van der Waals surface area contributed by atoms with Gasteiger partial charge in [0.15, 0.2) is 0 Å². The van der Waals surface area contributed by atoms with Crippen molar-refractivity contribution in [2.45, 2.75) is 25.7 Å². The molecule has 1 amide bonds. The molecule has 0 unspecified atom stereocenters. The van der Waals surface area contributed by atoms with Gasteiger partial charge >= 0.3 is 0 Å². The summed E-state index contributed by atoms with van der Waals surface area (Å²) in [7, 11) is -3.37. The summed E-state index contributed by atoms with van der Waals surface area (Å²) < 4.78 is 24.9. The second kappa shape index (κ2) is 7.86. The molecule has 0 spiro atoms. The van der Waals surface area contributed by atoms with Gasteiger partial charge in [0.2, 0.25) is 15.9 Å². The van der Waals surface area contributed by atoms with Crippen LogP contribution < -0.4 is 15.8 Å². The van der Waals surface area contributed by atoms with Crippen molar-refractivity contribution in [1.29, 1.82) is 0 Å². The van der Waals surface area contributed by atoms with E-state index in [0.29, 0.717) is 24.3 Å². The molecule has 20 heavy (non-hydrogen) atoms. The molecule has 7 heteroatoms. The minimum atomic E-state index is -3.37. The number of hydrogen-bond donors (Lipinski definition) is 3. The average Bonchev–Trinajstić information content (AvgIpc) is 2.35. The average molecular weight is 299 g/mol. The number of para-hydroxylation sites is 2. The third-order valence-corrected chi connectivity index (χ3v) is 3.20. The zero-order valence-electron chi connectivity index (χ0n) is 11.6. The number of carbonyl (C=O) groups excluding carboxylic acids is 1. The molecule has 0 aromatic heterocycles. The Kier molecular flexibility index (Phi) is 6.47. The quantitative estimate of drug-likeness (QED) is 0.633. The van der Waals surface area contributed by atoms with E-state index in [2.05, 4.69) is 10.0 Å². The number of rotatable bonds is 8. The Morgan fingerprint density at radius 2 is 1.80 bits per heavy atom. The van der Waals surface area contributed by atoms with Gasteiger partial charge in [0.1, 0.15) is 0 Å². The largest absolute Gasteiger partial charge is 0.330 e. The highest BCUT2D eigenvalue weighted by Gasteiger charge is 2.09. The van der Waals surface area contributed by atoms with E-state index in [1.54, 1.807) is 24.3 Å². The van der Waals surface area contributed by atoms with Gasteiger partial charge < -0.3 is 11.1 Å². The Balaban J connectivity index is 2.61. The van der Waals surface area contributed by atoms with E-state index in [-0.39, 0.29) is 5.91 Å². The van der Waals surface area contributed by atoms with Crippen molar-refractivity contribution in [3.05, 3.63) is 24.3 Å². The van der Waals surface area contributed by atoms with Crippen molar-refractivity contribution in [1.82, 2.24) is 0 Å². The first kappa shape index (κ1) is 16.5. The van der Waals surface area contributed by atoms with Gasteiger partial charge in [0.25, 0.3) is 0 Å². The number of anilines is 2. The smallest absolute Gasteiger partial charge is 0.229 e. The topological polar surface area (TPSA) is 101 Å². The fourth-order valence-electron chi connectivity index (χ4n) is 1.70. The number of unbranched alkanes of at least 4 members (excludes halogenated alkanes) is 2. The summed E-state index contributed by atoms with van der Waals surface area (Å²) in [6, 6.07) is 6.69. The maximum atomic E-state index is 11.8. The first-order valence-electron chi connectivity index (χ1n) is 6.49. The highest BCUT2D eigenvalue weighted by molar-refractivity contribution is 7.92. The zero-order chi connectivity index (χ0) is 15.0. The molecular weight excluding hydrogens is 278 g/mol. The van der Waals surface area contributed by atoms with Gasteiger partial charge in [-0.1, -0.05) is 18.6 Å². The van der Waals surface area contributed by atoms with Crippen LogP contribution in [0.3, 0.4) is 0 Å². The van der Waals surface area contributed by atoms with Crippen molar-refractivity contribution in [2.75, 3.05) is 22.8 Å². The minimum absolute atomic E-state index is 0.134. The predicted octanol–water partition coefficient (Wildman–Crippen LogP) is 1.52. The standard InChI is InChI=1S/C13H21N3O3S/c1-20(18,19)16-12-8-5-4-7-11(12)15-13(17)9-3-2-6-10-14/h4-5,7-8,16H,2-3,6,9-10,14H2,1H3,(H,15,17). The van der Waals surface area contributed by atoms with E-state index in [9.17, 15) is 13.2 Å². The van der Waals surface area contributed by atoms with Crippen LogP contribution in [0.4, 0.5) is 11.4 Å². The molecule has 0 bridgehead atoms. The summed E-state index contributed by atoms with van der Waals surface area (Å²) in [5, 5.41) is 2.71. The fraction of sp³-hybridized carbons (Fsp3) is 0.462. The Bertz CT molecular complexity index is 544. The first-order valence-corrected chi connectivity index (χ1v) is 8.38. The molecule has 0 fully saturated rings. The van der Waals surface area contributed by atoms with Crippen molar-refractivity contribution in [3.8, 4) is 0 Å². The second-order valence-corrected chi connectivity index (χ2v) is 6.32. The van der Waals surface area contributed by atoms with Crippen molar-refractivity contribution < 1.29 is 13.2 Å². The molecule has 6 nitrogen and oxygen atoms in total. The summed E-state index contributed by atoms with van der Waals surface area (Å²) in [4.78, 5) is 11.8. The molecule has 1 rings (SSSR count). The van der Waals surface area contributed by atoms with Crippen LogP contribution in [0.5, 0.6) is 0 Å². The van der Waals surface area contributed by atoms with Gasteiger partial charge in [-0.2, -0.15) is 0 Å². The van der Waals surface area contributed by atoms with E-state index in [0.717, 1.165) is 25.5 Å². The number of sulfonamides is 1. The number of amides is 1. The summed E-state index contributed by atoms with van der Waals surface area (Å²) >= 11 is 0. The molecule has 0 aliphatic rings. The SMILES string of the molecule is CS(=O)(=O)Nc1ccccc1NC(=O)CCCCCN. The monoisotopic (exact) mass is 299 g/mol. The van der Waals surface area contributed by atoms with E-state index in [4.69, 9.17) is 5.73 Å². The molecule has 0 radical (unpaired) electrons. The second-order valence-electron chi connectivity index (χ2n) is 4.57. The molecule has 4 N–H and O–H groups in total. The Morgan fingerprint density at radius 1 is 1.15 bits per heavy atom. The van der Waals surface area contributed by atoms with Crippen LogP contribution in [0, 0.1) is 0 Å². The van der Waals surface area contributed by atoms with Gasteiger partial charge in [-0.15, -0.1) is 0 Å². The normalized spacial score (nSPS) is 11.1. The van der Waals surface area contributed by atoms with E-state index in [1.165, 1.54) is 0 Å². The van der Waals surface area contributed by atoms with Crippen LogP contribution in [0.2, 0.25) is 0 Å². The zero-order valence-corrected chi connectivity index (χ0v) is 12.4. The van der Waals surface area contributed by atoms with Crippen LogP contribution in [-0.4, -0.2) is 27.1 Å². The molecule has 0 heterocycles. The van der Waals surface area contributed by atoms with Gasteiger partial charge in [0, 0.05) is 6.42 Å². The Hall–Kier alpha value is -1.60. The maximum Gasteiger partial charge on any atom is 0.229 e. The molecule has 0 aliphatic heterocycles. The predicted molar refractivity (Wildman–Crippen MR) is 81.1 cm³/mol. The molecule has 1 aromatic rings. The lowest BCUT2D eigenvalue weighted by molar-refractivity contribution is -0.116. The molecule has 0 saturated carbocycles. The Labute approximate surface area is 119 Å². The van der Waals surface area contributed by atoms with E-state index in [1.807, 2.05) is 0 Å². The van der Waals surface area contributed by atoms with E-state index >= 15 is 0 Å². The van der Waals surface area contributed by atoms with Crippen LogP contribution in [-0.2, 0) is 14.8 Å². The van der Waals surface area contributed by atoms with Crippen LogP contribution in [0.15, 0.2) is 24.3 Å². The van der Waals surface area contributed by atoms with Gasteiger partial charge in [-0.05, 0) is 31.5 Å². The Morgan fingerprint density at radius 3 is 2.40 bits per heavy atom. The number of nitrogens with one attached hydrogen (secondary N) is 2. The molecule has 0 aliphatic carbocycles. The van der Waals surface area contributed by atoms with Gasteiger partial charge in [0.05, 0.1) is 17.6 Å². The lowest BCUT2D eigenvalue weighted by Gasteiger charge is -2.11. The lowest BCUT2D eigenvalue weighted by atomic mass is 10.2. The van der Waals surface area contributed by atoms with Crippen molar-refractivity contribution in [3.63, 3.8) is 0 Å². The van der Waals surface area contributed by atoms with Crippen LogP contribution >= 0.6 is 0 Å². The summed E-state index contributed by atoms with van der Waals surface area (Å²) in [5.41, 5.74) is 6.21. The fourth-order valence-corrected chi connectivity index (χ4v) is 2.28. The van der Waals surface area contributed by atoms with Crippen LogP contribution in [0.25, 0.3) is 0 Å². The summed E-state index contributed by atoms with van der Waals surface area (Å²) in [6.45, 7) is 0.628. The number of carbonyl (C=O) groups is 1. The molecular formula is C13H21N3O3S. The third-order valence-electron chi connectivity index (χ3n) is 2.60. The maximum absolute atomic E-state index is 11.8.